The summed E-state index contributed by atoms with van der Waals surface area (Å²) in [7, 11) is 0. The molecule has 0 atom stereocenters. The largest absolute Gasteiger partial charge is 0.463 e. The first-order valence-electron chi connectivity index (χ1n) is 10.8. The Bertz CT molecular complexity index is 1010. The van der Waals surface area contributed by atoms with Crippen LogP contribution in [0.5, 0.6) is 0 Å². The number of furan rings is 1. The Balaban J connectivity index is 1.61. The van der Waals surface area contributed by atoms with Crippen LogP contribution in [-0.4, -0.2) is 53.9 Å². The number of nitriles is 1. The summed E-state index contributed by atoms with van der Waals surface area (Å²) < 4.78 is 5.65. The molecule has 1 saturated heterocycles. The molecule has 1 N–H and O–H groups in total. The van der Waals surface area contributed by atoms with Crippen LogP contribution in [0.15, 0.2) is 22.8 Å². The SMILES string of the molecule is CC(C)NC(=O)C(=O)N1CCN(c2nc(-c3ccco3)c3c(c2C#N)CCCC3)CC1. The van der Waals surface area contributed by atoms with Crippen molar-refractivity contribution >= 4 is 17.6 Å². The zero-order valence-electron chi connectivity index (χ0n) is 18.0. The third-order valence-electron chi connectivity index (χ3n) is 5.84. The number of rotatable bonds is 3. The second kappa shape index (κ2) is 8.80. The molecule has 1 fully saturated rings. The second-order valence-corrected chi connectivity index (χ2v) is 8.32. The number of hydrogen-bond acceptors (Lipinski definition) is 6. The summed E-state index contributed by atoms with van der Waals surface area (Å²) >= 11 is 0. The number of amides is 2. The smallest absolute Gasteiger partial charge is 0.312 e. The molecule has 0 saturated carbocycles. The van der Waals surface area contributed by atoms with E-state index < -0.39 is 11.8 Å². The van der Waals surface area contributed by atoms with Crippen LogP contribution >= 0.6 is 0 Å². The normalized spacial score (nSPS) is 16.1. The maximum atomic E-state index is 12.4. The quantitative estimate of drug-likeness (QED) is 0.763. The Hall–Kier alpha value is -3.34. The lowest BCUT2D eigenvalue weighted by Gasteiger charge is -2.36. The van der Waals surface area contributed by atoms with Crippen LogP contribution < -0.4 is 10.2 Å². The summed E-state index contributed by atoms with van der Waals surface area (Å²) in [6.07, 6.45) is 5.51. The number of carbonyl (C=O) groups excluding carboxylic acids is 2. The van der Waals surface area contributed by atoms with Crippen LogP contribution in [0.25, 0.3) is 11.5 Å². The van der Waals surface area contributed by atoms with E-state index in [1.165, 1.54) is 0 Å². The molecule has 2 aliphatic rings. The number of aromatic nitrogens is 1. The van der Waals surface area contributed by atoms with Gasteiger partial charge < -0.3 is 19.5 Å². The van der Waals surface area contributed by atoms with Crippen molar-refractivity contribution in [1.29, 1.82) is 5.26 Å². The van der Waals surface area contributed by atoms with Gasteiger partial charge in [0.2, 0.25) is 0 Å². The van der Waals surface area contributed by atoms with Crippen molar-refractivity contribution < 1.29 is 14.0 Å². The molecule has 0 unspecified atom stereocenters. The molecule has 1 aliphatic carbocycles. The zero-order valence-corrected chi connectivity index (χ0v) is 18.0. The van der Waals surface area contributed by atoms with E-state index in [-0.39, 0.29) is 6.04 Å². The molecule has 0 bridgehead atoms. The van der Waals surface area contributed by atoms with Gasteiger partial charge in [0.05, 0.1) is 11.8 Å². The van der Waals surface area contributed by atoms with E-state index in [1.54, 1.807) is 11.2 Å². The number of anilines is 1. The zero-order chi connectivity index (χ0) is 22.0. The summed E-state index contributed by atoms with van der Waals surface area (Å²) in [6, 6.07) is 6.04. The highest BCUT2D eigenvalue weighted by Crippen LogP contribution is 2.36. The molecule has 2 amide bonds. The summed E-state index contributed by atoms with van der Waals surface area (Å²) in [5, 5.41) is 12.6. The number of hydrogen-bond donors (Lipinski definition) is 1. The predicted octanol–water partition coefficient (Wildman–Crippen LogP) is 2.27. The second-order valence-electron chi connectivity index (χ2n) is 8.32. The van der Waals surface area contributed by atoms with Crippen molar-refractivity contribution in [2.75, 3.05) is 31.1 Å². The summed E-state index contributed by atoms with van der Waals surface area (Å²) in [6.45, 7) is 5.49. The number of carbonyl (C=O) groups is 2. The molecule has 8 nitrogen and oxygen atoms in total. The third kappa shape index (κ3) is 4.13. The van der Waals surface area contributed by atoms with Gasteiger partial charge in [-0.05, 0) is 62.8 Å². The fraction of sp³-hybridized carbons (Fsp3) is 0.478. The molecule has 0 aromatic carbocycles. The van der Waals surface area contributed by atoms with Crippen molar-refractivity contribution in [3.05, 3.63) is 35.1 Å². The Morgan fingerprint density at radius 1 is 1.16 bits per heavy atom. The summed E-state index contributed by atoms with van der Waals surface area (Å²) in [4.78, 5) is 33.0. The summed E-state index contributed by atoms with van der Waals surface area (Å²) in [5.74, 6) is 0.271. The Morgan fingerprint density at radius 2 is 1.87 bits per heavy atom. The van der Waals surface area contributed by atoms with Crippen molar-refractivity contribution in [3.63, 3.8) is 0 Å². The molecular weight excluding hydrogens is 394 g/mol. The van der Waals surface area contributed by atoms with E-state index in [4.69, 9.17) is 9.40 Å². The summed E-state index contributed by atoms with van der Waals surface area (Å²) in [5.41, 5.74) is 3.62. The first-order valence-corrected chi connectivity index (χ1v) is 10.8. The molecule has 1 aliphatic heterocycles. The van der Waals surface area contributed by atoms with E-state index in [1.807, 2.05) is 30.9 Å². The fourth-order valence-corrected chi connectivity index (χ4v) is 4.36. The highest BCUT2D eigenvalue weighted by Gasteiger charge is 2.30. The number of pyridine rings is 1. The van der Waals surface area contributed by atoms with E-state index in [0.717, 1.165) is 42.5 Å². The van der Waals surface area contributed by atoms with Gasteiger partial charge in [-0.25, -0.2) is 4.98 Å². The Kier molecular flexibility index (Phi) is 5.94. The molecule has 0 spiro atoms. The number of piperazine rings is 1. The topological polar surface area (TPSA) is 102 Å². The number of nitrogens with zero attached hydrogens (tertiary/aromatic N) is 4. The maximum absolute atomic E-state index is 12.4. The lowest BCUT2D eigenvalue weighted by molar-refractivity contribution is -0.146. The van der Waals surface area contributed by atoms with Gasteiger partial charge in [-0.3, -0.25) is 9.59 Å². The van der Waals surface area contributed by atoms with Gasteiger partial charge in [0.25, 0.3) is 0 Å². The molecular formula is C23H27N5O3. The first kappa shape index (κ1) is 20.9. The van der Waals surface area contributed by atoms with Crippen molar-refractivity contribution in [2.24, 2.45) is 0 Å². The highest BCUT2D eigenvalue weighted by atomic mass is 16.3. The van der Waals surface area contributed by atoms with Gasteiger partial charge in [0.1, 0.15) is 17.6 Å². The molecule has 2 aromatic heterocycles. The van der Waals surface area contributed by atoms with Crippen LogP contribution in [0.1, 0.15) is 43.4 Å². The van der Waals surface area contributed by atoms with Crippen LogP contribution in [0.2, 0.25) is 0 Å². The van der Waals surface area contributed by atoms with Crippen molar-refractivity contribution in [1.82, 2.24) is 15.2 Å². The average molecular weight is 422 g/mol. The fourth-order valence-electron chi connectivity index (χ4n) is 4.36. The lowest BCUT2D eigenvalue weighted by Crippen LogP contribution is -2.53. The first-order chi connectivity index (χ1) is 15.0. The monoisotopic (exact) mass is 421 g/mol. The maximum Gasteiger partial charge on any atom is 0.312 e. The molecule has 2 aromatic rings. The standard InChI is InChI=1S/C23H27N5O3/c1-15(2)25-22(29)23(30)28-11-9-27(10-12-28)21-18(14-24)16-6-3-4-7-17(16)20(26-21)19-8-5-13-31-19/h5,8,13,15H,3-4,6-7,9-12H2,1-2H3,(H,25,29). The van der Waals surface area contributed by atoms with Gasteiger partial charge in [0, 0.05) is 32.2 Å². The minimum Gasteiger partial charge on any atom is -0.463 e. The lowest BCUT2D eigenvalue weighted by atomic mass is 9.87. The van der Waals surface area contributed by atoms with Crippen LogP contribution in [-0.2, 0) is 22.4 Å². The molecule has 8 heteroatoms. The van der Waals surface area contributed by atoms with Gasteiger partial charge in [-0.2, -0.15) is 5.26 Å². The Labute approximate surface area is 181 Å². The van der Waals surface area contributed by atoms with Crippen molar-refractivity contribution in [3.8, 4) is 17.5 Å². The minimum atomic E-state index is -0.576. The molecule has 31 heavy (non-hydrogen) atoms. The van der Waals surface area contributed by atoms with Gasteiger partial charge in [-0.1, -0.05) is 0 Å². The molecule has 3 heterocycles. The highest BCUT2D eigenvalue weighted by molar-refractivity contribution is 6.35. The van der Waals surface area contributed by atoms with Crippen LogP contribution in [0.4, 0.5) is 5.82 Å². The number of fused-ring (bicyclic) bond motifs is 1. The minimum absolute atomic E-state index is 0.0874. The predicted molar refractivity (Wildman–Crippen MR) is 115 cm³/mol. The molecule has 0 radical (unpaired) electrons. The van der Waals surface area contributed by atoms with Crippen molar-refractivity contribution in [2.45, 2.75) is 45.6 Å². The van der Waals surface area contributed by atoms with E-state index >= 15 is 0 Å². The van der Waals surface area contributed by atoms with Gasteiger partial charge in [-0.15, -0.1) is 0 Å². The van der Waals surface area contributed by atoms with Crippen LogP contribution in [0.3, 0.4) is 0 Å². The van der Waals surface area contributed by atoms with E-state index in [0.29, 0.717) is 43.3 Å². The van der Waals surface area contributed by atoms with E-state index in [2.05, 4.69) is 11.4 Å². The van der Waals surface area contributed by atoms with Gasteiger partial charge in [0.15, 0.2) is 5.76 Å². The van der Waals surface area contributed by atoms with Crippen LogP contribution in [0, 0.1) is 11.3 Å². The van der Waals surface area contributed by atoms with Gasteiger partial charge >= 0.3 is 11.8 Å². The number of nitrogens with one attached hydrogen (secondary N) is 1. The average Bonchev–Trinajstić information content (AvgIpc) is 3.32. The van der Waals surface area contributed by atoms with E-state index in [9.17, 15) is 14.9 Å². The molecule has 4 rings (SSSR count). The molecule has 162 valence electrons. The Morgan fingerprint density at radius 3 is 2.48 bits per heavy atom. The third-order valence-corrected chi connectivity index (χ3v) is 5.84.